The van der Waals surface area contributed by atoms with Crippen molar-refractivity contribution in [2.45, 2.75) is 13.5 Å². The summed E-state index contributed by atoms with van der Waals surface area (Å²) in [6.45, 7) is 2.64. The molecule has 0 unspecified atom stereocenters. The van der Waals surface area contributed by atoms with Gasteiger partial charge in [-0.15, -0.1) is 12.4 Å². The Hall–Kier alpha value is -1.88. The molecule has 0 amide bonds. The first kappa shape index (κ1) is 15.2. The van der Waals surface area contributed by atoms with Gasteiger partial charge in [0.05, 0.1) is 7.11 Å². The normalized spacial score (nSPS) is 9.84. The molecule has 1 heterocycles. The minimum atomic E-state index is 0. The van der Waals surface area contributed by atoms with Crippen molar-refractivity contribution in [1.82, 2.24) is 9.78 Å². The first-order valence-electron chi connectivity index (χ1n) is 5.70. The molecule has 0 atom stereocenters. The van der Waals surface area contributed by atoms with Gasteiger partial charge in [0.15, 0.2) is 17.3 Å². The molecule has 19 heavy (non-hydrogen) atoms. The largest absolute Gasteiger partial charge is 0.504 e. The van der Waals surface area contributed by atoms with Crippen LogP contribution >= 0.6 is 12.4 Å². The molecule has 0 fully saturated rings. The van der Waals surface area contributed by atoms with Crippen molar-refractivity contribution in [3.05, 3.63) is 35.5 Å². The van der Waals surface area contributed by atoms with E-state index in [2.05, 4.69) is 10.4 Å². The SMILES string of the molecule is COc1cc(CNc2nn(C)cc2C)ccc1O.Cl. The molecular formula is C13H18ClN3O2. The molecular weight excluding hydrogens is 266 g/mol. The Labute approximate surface area is 118 Å². The van der Waals surface area contributed by atoms with Crippen LogP contribution in [0.5, 0.6) is 11.5 Å². The number of hydrogen-bond acceptors (Lipinski definition) is 4. The Morgan fingerprint density at radius 3 is 2.74 bits per heavy atom. The fourth-order valence-corrected chi connectivity index (χ4v) is 1.80. The highest BCUT2D eigenvalue weighted by molar-refractivity contribution is 5.85. The van der Waals surface area contributed by atoms with Crippen LogP contribution in [0.1, 0.15) is 11.1 Å². The molecule has 0 aliphatic heterocycles. The zero-order valence-corrected chi connectivity index (χ0v) is 12.0. The second kappa shape index (κ2) is 6.33. The van der Waals surface area contributed by atoms with E-state index in [1.165, 1.54) is 7.11 Å². The van der Waals surface area contributed by atoms with Gasteiger partial charge < -0.3 is 15.2 Å². The predicted molar refractivity (Wildman–Crippen MR) is 77.2 cm³/mol. The first-order chi connectivity index (χ1) is 8.60. The number of rotatable bonds is 4. The predicted octanol–water partition coefficient (Wildman–Crippen LogP) is 2.48. The molecule has 0 saturated heterocycles. The number of phenols is 1. The van der Waals surface area contributed by atoms with E-state index >= 15 is 0 Å². The number of nitrogens with zero attached hydrogens (tertiary/aromatic N) is 2. The molecule has 2 aromatic rings. The average molecular weight is 284 g/mol. The number of ether oxygens (including phenoxy) is 1. The van der Waals surface area contributed by atoms with Gasteiger partial charge >= 0.3 is 0 Å². The van der Waals surface area contributed by atoms with E-state index in [9.17, 15) is 5.11 Å². The molecule has 0 saturated carbocycles. The third kappa shape index (κ3) is 3.54. The molecule has 0 bridgehead atoms. The maximum absolute atomic E-state index is 9.51. The molecule has 2 N–H and O–H groups in total. The Kier molecular flexibility index (Phi) is 5.06. The Morgan fingerprint density at radius 1 is 1.42 bits per heavy atom. The van der Waals surface area contributed by atoms with Crippen LogP contribution in [0.15, 0.2) is 24.4 Å². The Morgan fingerprint density at radius 2 is 2.16 bits per heavy atom. The van der Waals surface area contributed by atoms with Gasteiger partial charge in [0.1, 0.15) is 0 Å². The van der Waals surface area contributed by atoms with E-state index in [0.29, 0.717) is 12.3 Å². The summed E-state index contributed by atoms with van der Waals surface area (Å²) in [5.41, 5.74) is 2.12. The highest BCUT2D eigenvalue weighted by atomic mass is 35.5. The number of hydrogen-bond donors (Lipinski definition) is 2. The molecule has 6 heteroatoms. The van der Waals surface area contributed by atoms with Crippen molar-refractivity contribution in [3.8, 4) is 11.5 Å². The van der Waals surface area contributed by atoms with Gasteiger partial charge in [0.2, 0.25) is 0 Å². The number of benzene rings is 1. The van der Waals surface area contributed by atoms with Crippen LogP contribution in [0.4, 0.5) is 5.82 Å². The highest BCUT2D eigenvalue weighted by Crippen LogP contribution is 2.26. The number of aromatic nitrogens is 2. The maximum Gasteiger partial charge on any atom is 0.160 e. The summed E-state index contributed by atoms with van der Waals surface area (Å²) in [5.74, 6) is 1.49. The zero-order chi connectivity index (χ0) is 13.1. The van der Waals surface area contributed by atoms with E-state index in [0.717, 1.165) is 16.9 Å². The quantitative estimate of drug-likeness (QED) is 0.905. The summed E-state index contributed by atoms with van der Waals surface area (Å²) in [6, 6.07) is 5.28. The maximum atomic E-state index is 9.51. The number of aryl methyl sites for hydroxylation is 2. The second-order valence-electron chi connectivity index (χ2n) is 4.19. The summed E-state index contributed by atoms with van der Waals surface area (Å²) in [5, 5.41) is 17.1. The van der Waals surface area contributed by atoms with Crippen LogP contribution in [0.3, 0.4) is 0 Å². The molecule has 0 radical (unpaired) electrons. The Bertz CT molecular complexity index is 555. The van der Waals surface area contributed by atoms with Crippen LogP contribution in [-0.4, -0.2) is 22.0 Å². The lowest BCUT2D eigenvalue weighted by Gasteiger charge is -2.08. The molecule has 0 aliphatic carbocycles. The number of anilines is 1. The molecule has 1 aromatic carbocycles. The third-order valence-electron chi connectivity index (χ3n) is 2.72. The standard InChI is InChI=1S/C13H17N3O2.ClH/c1-9-8-16(2)15-13(9)14-7-10-4-5-11(17)12(6-10)18-3;/h4-6,8,17H,7H2,1-3H3,(H,14,15);1H. The van der Waals surface area contributed by atoms with Gasteiger partial charge in [-0.3, -0.25) is 4.68 Å². The molecule has 1 aromatic heterocycles. The molecule has 0 aliphatic rings. The zero-order valence-electron chi connectivity index (χ0n) is 11.2. The first-order valence-corrected chi connectivity index (χ1v) is 5.70. The molecule has 2 rings (SSSR count). The summed E-state index contributed by atoms with van der Waals surface area (Å²) in [6.07, 6.45) is 1.96. The van der Waals surface area contributed by atoms with Gasteiger partial charge in [-0.05, 0) is 24.6 Å². The number of aromatic hydroxyl groups is 1. The Balaban J connectivity index is 0.00000180. The lowest BCUT2D eigenvalue weighted by molar-refractivity contribution is 0.373. The van der Waals surface area contributed by atoms with Crippen LogP contribution in [0.2, 0.25) is 0 Å². The fraction of sp³-hybridized carbons (Fsp3) is 0.308. The number of methoxy groups -OCH3 is 1. The smallest absolute Gasteiger partial charge is 0.160 e. The monoisotopic (exact) mass is 283 g/mol. The van der Waals surface area contributed by atoms with Crippen molar-refractivity contribution < 1.29 is 9.84 Å². The number of halogens is 1. The third-order valence-corrected chi connectivity index (χ3v) is 2.72. The minimum absolute atomic E-state index is 0. The van der Waals surface area contributed by atoms with Gasteiger partial charge in [-0.25, -0.2) is 0 Å². The van der Waals surface area contributed by atoms with Crippen molar-refractivity contribution in [2.24, 2.45) is 7.05 Å². The number of phenolic OH excluding ortho intramolecular Hbond substituents is 1. The van der Waals surface area contributed by atoms with Gasteiger partial charge in [-0.1, -0.05) is 6.07 Å². The molecule has 104 valence electrons. The van der Waals surface area contributed by atoms with Gasteiger partial charge in [0.25, 0.3) is 0 Å². The summed E-state index contributed by atoms with van der Waals surface area (Å²) in [4.78, 5) is 0. The molecule has 0 spiro atoms. The van der Waals surface area contributed by atoms with E-state index in [1.807, 2.05) is 26.2 Å². The average Bonchev–Trinajstić information content (AvgIpc) is 2.67. The van der Waals surface area contributed by atoms with E-state index in [4.69, 9.17) is 4.74 Å². The van der Waals surface area contributed by atoms with Crippen molar-refractivity contribution in [3.63, 3.8) is 0 Å². The van der Waals surface area contributed by atoms with Crippen molar-refractivity contribution in [1.29, 1.82) is 0 Å². The van der Waals surface area contributed by atoms with Gasteiger partial charge in [-0.2, -0.15) is 5.10 Å². The summed E-state index contributed by atoms with van der Waals surface area (Å²) in [7, 11) is 3.43. The molecule has 5 nitrogen and oxygen atoms in total. The lowest BCUT2D eigenvalue weighted by atomic mass is 10.2. The van der Waals surface area contributed by atoms with Crippen molar-refractivity contribution in [2.75, 3.05) is 12.4 Å². The number of nitrogens with one attached hydrogen (secondary N) is 1. The van der Waals surface area contributed by atoms with Gasteiger partial charge in [0, 0.05) is 25.4 Å². The highest BCUT2D eigenvalue weighted by Gasteiger charge is 2.05. The van der Waals surface area contributed by atoms with E-state index < -0.39 is 0 Å². The van der Waals surface area contributed by atoms with Crippen LogP contribution in [0.25, 0.3) is 0 Å². The fourth-order valence-electron chi connectivity index (χ4n) is 1.80. The van der Waals surface area contributed by atoms with E-state index in [1.54, 1.807) is 16.8 Å². The van der Waals surface area contributed by atoms with Crippen LogP contribution < -0.4 is 10.1 Å². The van der Waals surface area contributed by atoms with Crippen LogP contribution in [0, 0.1) is 6.92 Å². The summed E-state index contributed by atoms with van der Waals surface area (Å²) < 4.78 is 6.84. The van der Waals surface area contributed by atoms with E-state index in [-0.39, 0.29) is 18.2 Å². The topological polar surface area (TPSA) is 59.3 Å². The second-order valence-corrected chi connectivity index (χ2v) is 4.19. The minimum Gasteiger partial charge on any atom is -0.504 e. The van der Waals surface area contributed by atoms with Crippen molar-refractivity contribution >= 4 is 18.2 Å². The van der Waals surface area contributed by atoms with Crippen LogP contribution in [-0.2, 0) is 13.6 Å². The lowest BCUT2D eigenvalue weighted by Crippen LogP contribution is -2.02. The summed E-state index contributed by atoms with van der Waals surface area (Å²) >= 11 is 0.